The second-order valence-electron chi connectivity index (χ2n) is 5.06. The van der Waals surface area contributed by atoms with Gasteiger partial charge in [-0.25, -0.2) is 0 Å². The van der Waals surface area contributed by atoms with Crippen LogP contribution in [0.3, 0.4) is 0 Å². The number of rotatable bonds is 7. The quantitative estimate of drug-likeness (QED) is 0.501. The summed E-state index contributed by atoms with van der Waals surface area (Å²) in [5.74, 6) is 3.83. The lowest BCUT2D eigenvalue weighted by atomic mass is 10.3. The van der Waals surface area contributed by atoms with Gasteiger partial charge in [0.15, 0.2) is 11.0 Å². The number of nitrogens with one attached hydrogen (secondary N) is 1. The summed E-state index contributed by atoms with van der Waals surface area (Å²) in [6, 6.07) is 11.6. The Morgan fingerprint density at radius 3 is 2.92 bits per heavy atom. The van der Waals surface area contributed by atoms with E-state index in [1.165, 1.54) is 11.8 Å². The molecular formula is C18H16N4O2S2. The Kier molecular flexibility index (Phi) is 5.94. The van der Waals surface area contributed by atoms with Gasteiger partial charge in [-0.05, 0) is 23.6 Å². The lowest BCUT2D eigenvalue weighted by molar-refractivity contribution is -0.118. The lowest BCUT2D eigenvalue weighted by Crippen LogP contribution is -2.25. The maximum absolute atomic E-state index is 11.9. The van der Waals surface area contributed by atoms with Crippen LogP contribution in [0.1, 0.15) is 0 Å². The standard InChI is InChI=1S/C18H16N4O2S2/c1-3-10-19-16(23)12-26-18-21-20-17(15-9-6-11-25-15)22(18)13-7-4-5-8-14(13)24-2/h1,4-9,11H,10,12H2,2H3,(H,19,23). The minimum atomic E-state index is -0.153. The zero-order valence-electron chi connectivity index (χ0n) is 14.0. The molecule has 0 fully saturated rings. The van der Waals surface area contributed by atoms with Crippen LogP contribution in [0.4, 0.5) is 0 Å². The van der Waals surface area contributed by atoms with Crippen LogP contribution in [-0.2, 0) is 4.79 Å². The summed E-state index contributed by atoms with van der Waals surface area (Å²) in [5, 5.41) is 13.8. The second-order valence-corrected chi connectivity index (χ2v) is 6.95. The van der Waals surface area contributed by atoms with Gasteiger partial charge < -0.3 is 10.1 Å². The lowest BCUT2D eigenvalue weighted by Gasteiger charge is -2.13. The maximum Gasteiger partial charge on any atom is 0.231 e. The molecule has 6 nitrogen and oxygen atoms in total. The summed E-state index contributed by atoms with van der Waals surface area (Å²) in [6.07, 6.45) is 5.16. The Labute approximate surface area is 159 Å². The summed E-state index contributed by atoms with van der Waals surface area (Å²) in [5.41, 5.74) is 0.815. The van der Waals surface area contributed by atoms with Crippen molar-refractivity contribution in [1.82, 2.24) is 20.1 Å². The third-order valence-corrected chi connectivity index (χ3v) is 5.22. The van der Waals surface area contributed by atoms with Gasteiger partial charge in [0.1, 0.15) is 5.75 Å². The molecule has 0 atom stereocenters. The number of thiophene rings is 1. The first-order valence-corrected chi connectivity index (χ1v) is 9.56. The molecule has 26 heavy (non-hydrogen) atoms. The topological polar surface area (TPSA) is 69.0 Å². The molecule has 0 aliphatic rings. The van der Waals surface area contributed by atoms with Crippen molar-refractivity contribution in [2.45, 2.75) is 5.16 Å². The zero-order chi connectivity index (χ0) is 18.4. The third kappa shape index (κ3) is 3.90. The van der Waals surface area contributed by atoms with Gasteiger partial charge in [-0.1, -0.05) is 35.9 Å². The predicted molar refractivity (Wildman–Crippen MR) is 104 cm³/mol. The predicted octanol–water partition coefficient (Wildman–Crippen LogP) is 2.85. The molecule has 0 aliphatic carbocycles. The first-order chi connectivity index (χ1) is 12.7. The van der Waals surface area contributed by atoms with E-state index >= 15 is 0 Å². The van der Waals surface area contributed by atoms with Crippen LogP contribution in [-0.4, -0.2) is 40.1 Å². The Hall–Kier alpha value is -2.76. The van der Waals surface area contributed by atoms with E-state index in [4.69, 9.17) is 11.2 Å². The highest BCUT2D eigenvalue weighted by molar-refractivity contribution is 7.99. The average Bonchev–Trinajstić information content (AvgIpc) is 3.33. The van der Waals surface area contributed by atoms with Crippen molar-refractivity contribution in [3.05, 3.63) is 41.8 Å². The van der Waals surface area contributed by atoms with E-state index in [-0.39, 0.29) is 18.2 Å². The molecule has 132 valence electrons. The monoisotopic (exact) mass is 384 g/mol. The SMILES string of the molecule is C#CCNC(=O)CSc1nnc(-c2cccs2)n1-c1ccccc1OC. The van der Waals surface area contributed by atoms with Crippen molar-refractivity contribution >= 4 is 29.0 Å². The molecule has 8 heteroatoms. The Morgan fingerprint density at radius 1 is 1.35 bits per heavy atom. The smallest absolute Gasteiger partial charge is 0.231 e. The molecule has 0 saturated carbocycles. The molecule has 0 bridgehead atoms. The number of aromatic nitrogens is 3. The van der Waals surface area contributed by atoms with Crippen molar-refractivity contribution in [2.24, 2.45) is 0 Å². The van der Waals surface area contributed by atoms with Gasteiger partial charge in [-0.3, -0.25) is 9.36 Å². The molecule has 0 saturated heterocycles. The molecular weight excluding hydrogens is 368 g/mol. The second kappa shape index (κ2) is 8.56. The number of amides is 1. The van der Waals surface area contributed by atoms with Crippen LogP contribution in [0.5, 0.6) is 5.75 Å². The molecule has 3 aromatic rings. The fraction of sp³-hybridized carbons (Fsp3) is 0.167. The van der Waals surface area contributed by atoms with Crippen molar-refractivity contribution in [2.75, 3.05) is 19.4 Å². The first-order valence-electron chi connectivity index (χ1n) is 7.70. The fourth-order valence-electron chi connectivity index (χ4n) is 2.29. The van der Waals surface area contributed by atoms with E-state index in [0.717, 1.165) is 10.6 Å². The van der Waals surface area contributed by atoms with E-state index < -0.39 is 0 Å². The number of hydrogen-bond acceptors (Lipinski definition) is 6. The van der Waals surface area contributed by atoms with E-state index in [2.05, 4.69) is 21.4 Å². The third-order valence-electron chi connectivity index (χ3n) is 3.42. The molecule has 0 aliphatic heterocycles. The highest BCUT2D eigenvalue weighted by atomic mass is 32.2. The molecule has 0 radical (unpaired) electrons. The Balaban J connectivity index is 1.98. The van der Waals surface area contributed by atoms with Crippen LogP contribution >= 0.6 is 23.1 Å². The van der Waals surface area contributed by atoms with Crippen LogP contribution in [0.25, 0.3) is 16.4 Å². The number of carbonyl (C=O) groups excluding carboxylic acids is 1. The number of thioether (sulfide) groups is 1. The van der Waals surface area contributed by atoms with Gasteiger partial charge in [0, 0.05) is 0 Å². The molecule has 1 amide bonds. The Morgan fingerprint density at radius 2 is 2.19 bits per heavy atom. The number of nitrogens with zero attached hydrogens (tertiary/aromatic N) is 3. The molecule has 2 aromatic heterocycles. The highest BCUT2D eigenvalue weighted by Crippen LogP contribution is 2.33. The van der Waals surface area contributed by atoms with Gasteiger partial charge in [0.2, 0.25) is 5.91 Å². The van der Waals surface area contributed by atoms with Gasteiger partial charge in [-0.15, -0.1) is 28.0 Å². The number of terminal acetylenes is 1. The van der Waals surface area contributed by atoms with Crippen molar-refractivity contribution in [1.29, 1.82) is 0 Å². The fourth-order valence-corrected chi connectivity index (χ4v) is 3.76. The van der Waals surface area contributed by atoms with Crippen molar-refractivity contribution < 1.29 is 9.53 Å². The summed E-state index contributed by atoms with van der Waals surface area (Å²) in [7, 11) is 1.62. The first kappa shape index (κ1) is 18.0. The van der Waals surface area contributed by atoms with E-state index in [9.17, 15) is 4.79 Å². The molecule has 2 heterocycles. The van der Waals surface area contributed by atoms with Crippen molar-refractivity contribution in [3.8, 4) is 34.5 Å². The number of para-hydroxylation sites is 2. The number of ether oxygens (including phenoxy) is 1. The summed E-state index contributed by atoms with van der Waals surface area (Å²) in [6.45, 7) is 0.207. The van der Waals surface area contributed by atoms with Gasteiger partial charge in [0.25, 0.3) is 0 Å². The summed E-state index contributed by atoms with van der Waals surface area (Å²) >= 11 is 2.87. The average molecular weight is 384 g/mol. The molecule has 0 spiro atoms. The van der Waals surface area contributed by atoms with Gasteiger partial charge in [0.05, 0.1) is 30.0 Å². The Bertz CT molecular complexity index is 929. The van der Waals surface area contributed by atoms with Crippen LogP contribution in [0.15, 0.2) is 46.9 Å². The largest absolute Gasteiger partial charge is 0.495 e. The van der Waals surface area contributed by atoms with E-state index in [0.29, 0.717) is 16.7 Å². The number of benzene rings is 1. The molecule has 0 unspecified atom stereocenters. The number of carbonyl (C=O) groups is 1. The zero-order valence-corrected chi connectivity index (χ0v) is 15.6. The van der Waals surface area contributed by atoms with Gasteiger partial charge >= 0.3 is 0 Å². The summed E-state index contributed by atoms with van der Waals surface area (Å²) in [4.78, 5) is 12.9. The normalized spacial score (nSPS) is 10.3. The van der Waals surface area contributed by atoms with Crippen molar-refractivity contribution in [3.63, 3.8) is 0 Å². The van der Waals surface area contributed by atoms with Crippen LogP contribution in [0, 0.1) is 12.3 Å². The van der Waals surface area contributed by atoms with Crippen LogP contribution in [0.2, 0.25) is 0 Å². The highest BCUT2D eigenvalue weighted by Gasteiger charge is 2.20. The minimum absolute atomic E-state index is 0.153. The minimum Gasteiger partial charge on any atom is -0.495 e. The van der Waals surface area contributed by atoms with E-state index in [1.807, 2.05) is 46.3 Å². The van der Waals surface area contributed by atoms with E-state index in [1.54, 1.807) is 18.4 Å². The maximum atomic E-state index is 11.9. The molecule has 1 N–H and O–H groups in total. The van der Waals surface area contributed by atoms with Gasteiger partial charge in [-0.2, -0.15) is 0 Å². The molecule has 3 rings (SSSR count). The summed E-state index contributed by atoms with van der Waals surface area (Å²) < 4.78 is 7.40. The number of methoxy groups -OCH3 is 1. The van der Waals surface area contributed by atoms with Crippen LogP contribution < -0.4 is 10.1 Å². The number of hydrogen-bond donors (Lipinski definition) is 1. The molecule has 1 aromatic carbocycles.